The van der Waals surface area contributed by atoms with Crippen molar-refractivity contribution >= 4 is 5.91 Å². The highest BCUT2D eigenvalue weighted by atomic mass is 16.7. The SMILES string of the molecule is COc1ccc(C(NC(=O)c2ccc3c(c2)OCO3)C2CC2)cc1. The van der Waals surface area contributed by atoms with Gasteiger partial charge in [0.25, 0.3) is 5.91 Å². The lowest BCUT2D eigenvalue weighted by molar-refractivity contribution is 0.0931. The average molecular weight is 325 g/mol. The van der Waals surface area contributed by atoms with E-state index in [1.54, 1.807) is 25.3 Å². The van der Waals surface area contributed by atoms with E-state index in [1.807, 2.05) is 24.3 Å². The van der Waals surface area contributed by atoms with E-state index < -0.39 is 0 Å². The summed E-state index contributed by atoms with van der Waals surface area (Å²) in [5.41, 5.74) is 1.69. The van der Waals surface area contributed by atoms with Crippen molar-refractivity contribution in [2.45, 2.75) is 18.9 Å². The van der Waals surface area contributed by atoms with Gasteiger partial charge in [0, 0.05) is 5.56 Å². The normalized spacial score (nSPS) is 16.5. The highest BCUT2D eigenvalue weighted by Gasteiger charge is 2.33. The van der Waals surface area contributed by atoms with E-state index in [0.29, 0.717) is 23.0 Å². The van der Waals surface area contributed by atoms with E-state index in [0.717, 1.165) is 24.2 Å². The second kappa shape index (κ2) is 6.07. The number of hydrogen-bond donors (Lipinski definition) is 1. The zero-order valence-electron chi connectivity index (χ0n) is 13.5. The maximum Gasteiger partial charge on any atom is 0.251 e. The number of nitrogens with one attached hydrogen (secondary N) is 1. The van der Waals surface area contributed by atoms with Crippen LogP contribution in [0.4, 0.5) is 0 Å². The van der Waals surface area contributed by atoms with E-state index in [-0.39, 0.29) is 18.7 Å². The molecule has 2 aromatic carbocycles. The fraction of sp³-hybridized carbons (Fsp3) is 0.316. The number of methoxy groups -OCH3 is 1. The van der Waals surface area contributed by atoms with Crippen LogP contribution in [0, 0.1) is 5.92 Å². The predicted molar refractivity (Wildman–Crippen MR) is 88.5 cm³/mol. The summed E-state index contributed by atoms with van der Waals surface area (Å²) in [7, 11) is 1.65. The molecule has 1 heterocycles. The molecule has 1 saturated carbocycles. The summed E-state index contributed by atoms with van der Waals surface area (Å²) in [5, 5.41) is 3.16. The fourth-order valence-corrected chi connectivity index (χ4v) is 2.98. The summed E-state index contributed by atoms with van der Waals surface area (Å²) in [5.74, 6) is 2.52. The maximum atomic E-state index is 12.7. The van der Waals surface area contributed by atoms with Crippen LogP contribution in [0.25, 0.3) is 0 Å². The van der Waals surface area contributed by atoms with Gasteiger partial charge in [-0.25, -0.2) is 0 Å². The van der Waals surface area contributed by atoms with Gasteiger partial charge >= 0.3 is 0 Å². The molecule has 1 fully saturated rings. The Labute approximate surface area is 140 Å². The van der Waals surface area contributed by atoms with E-state index in [1.165, 1.54) is 0 Å². The van der Waals surface area contributed by atoms with Crippen LogP contribution < -0.4 is 19.5 Å². The van der Waals surface area contributed by atoms with Gasteiger partial charge in [-0.15, -0.1) is 0 Å². The van der Waals surface area contributed by atoms with E-state index in [4.69, 9.17) is 14.2 Å². The molecule has 0 bridgehead atoms. The van der Waals surface area contributed by atoms with E-state index in [9.17, 15) is 4.79 Å². The number of fused-ring (bicyclic) bond motifs is 1. The molecule has 1 unspecified atom stereocenters. The van der Waals surface area contributed by atoms with Gasteiger partial charge in [0.1, 0.15) is 5.75 Å². The number of hydrogen-bond acceptors (Lipinski definition) is 4. The molecule has 1 aliphatic heterocycles. The number of benzene rings is 2. The first-order chi connectivity index (χ1) is 11.7. The van der Waals surface area contributed by atoms with Crippen molar-refractivity contribution in [3.63, 3.8) is 0 Å². The molecule has 1 amide bonds. The third-order valence-corrected chi connectivity index (χ3v) is 4.49. The molecular formula is C19H19NO4. The number of carbonyl (C=O) groups is 1. The Balaban J connectivity index is 1.53. The zero-order chi connectivity index (χ0) is 16.5. The summed E-state index contributed by atoms with van der Waals surface area (Å²) < 4.78 is 15.8. The fourth-order valence-electron chi connectivity index (χ4n) is 2.98. The Kier molecular flexibility index (Phi) is 3.76. The molecule has 2 aromatic rings. The largest absolute Gasteiger partial charge is 0.497 e. The minimum absolute atomic E-state index is 0.0221. The van der Waals surface area contributed by atoms with Crippen LogP contribution in [0.2, 0.25) is 0 Å². The number of amides is 1. The van der Waals surface area contributed by atoms with Crippen molar-refractivity contribution in [3.05, 3.63) is 53.6 Å². The molecule has 24 heavy (non-hydrogen) atoms. The van der Waals surface area contributed by atoms with Crippen molar-refractivity contribution in [1.29, 1.82) is 0 Å². The molecule has 2 aliphatic rings. The van der Waals surface area contributed by atoms with Crippen molar-refractivity contribution in [2.75, 3.05) is 13.9 Å². The highest BCUT2D eigenvalue weighted by molar-refractivity contribution is 5.95. The molecule has 124 valence electrons. The van der Waals surface area contributed by atoms with Gasteiger partial charge in [0.15, 0.2) is 11.5 Å². The van der Waals surface area contributed by atoms with Gasteiger partial charge in [0.05, 0.1) is 13.2 Å². The molecule has 0 radical (unpaired) electrons. The first-order valence-electron chi connectivity index (χ1n) is 8.09. The van der Waals surface area contributed by atoms with Gasteiger partial charge in [-0.3, -0.25) is 4.79 Å². The average Bonchev–Trinajstić information content (AvgIpc) is 3.35. The van der Waals surface area contributed by atoms with Crippen molar-refractivity contribution < 1.29 is 19.0 Å². The van der Waals surface area contributed by atoms with E-state index >= 15 is 0 Å². The highest BCUT2D eigenvalue weighted by Crippen LogP contribution is 2.41. The quantitative estimate of drug-likeness (QED) is 0.916. The maximum absolute atomic E-state index is 12.7. The lowest BCUT2D eigenvalue weighted by Gasteiger charge is -2.19. The number of ether oxygens (including phenoxy) is 3. The summed E-state index contributed by atoms with van der Waals surface area (Å²) in [4.78, 5) is 12.7. The van der Waals surface area contributed by atoms with Crippen LogP contribution in [-0.2, 0) is 0 Å². The first kappa shape index (κ1) is 14.9. The lowest BCUT2D eigenvalue weighted by Crippen LogP contribution is -2.29. The molecule has 1 aliphatic carbocycles. The first-order valence-corrected chi connectivity index (χ1v) is 8.09. The number of carbonyl (C=O) groups excluding carboxylic acids is 1. The van der Waals surface area contributed by atoms with Crippen molar-refractivity contribution in [2.24, 2.45) is 5.92 Å². The van der Waals surface area contributed by atoms with Gasteiger partial charge in [-0.05, 0) is 54.7 Å². The van der Waals surface area contributed by atoms with Gasteiger partial charge in [-0.2, -0.15) is 0 Å². The summed E-state index contributed by atoms with van der Waals surface area (Å²) in [6, 6.07) is 13.2. The Hall–Kier alpha value is -2.69. The predicted octanol–water partition coefficient (Wildman–Crippen LogP) is 3.31. The second-order valence-electron chi connectivity index (χ2n) is 6.13. The van der Waals surface area contributed by atoms with E-state index in [2.05, 4.69) is 5.32 Å². The summed E-state index contributed by atoms with van der Waals surface area (Å²) in [6.07, 6.45) is 2.27. The minimum Gasteiger partial charge on any atom is -0.497 e. The molecule has 5 nitrogen and oxygen atoms in total. The Morgan fingerprint density at radius 2 is 1.88 bits per heavy atom. The third kappa shape index (κ3) is 2.89. The van der Waals surface area contributed by atoms with Crippen LogP contribution in [0.5, 0.6) is 17.2 Å². The third-order valence-electron chi connectivity index (χ3n) is 4.49. The Morgan fingerprint density at radius 1 is 1.12 bits per heavy atom. The Morgan fingerprint density at radius 3 is 2.58 bits per heavy atom. The standard InChI is InChI=1S/C19H19NO4/c1-22-15-7-4-13(5-8-15)18(12-2-3-12)20-19(21)14-6-9-16-17(10-14)24-11-23-16/h4-10,12,18H,2-3,11H2,1H3,(H,20,21). The zero-order valence-corrected chi connectivity index (χ0v) is 13.5. The van der Waals surface area contributed by atoms with Crippen LogP contribution in [0.3, 0.4) is 0 Å². The second-order valence-corrected chi connectivity index (χ2v) is 6.13. The molecule has 1 atom stereocenters. The topological polar surface area (TPSA) is 56.8 Å². The van der Waals surface area contributed by atoms with Crippen LogP contribution >= 0.6 is 0 Å². The lowest BCUT2D eigenvalue weighted by atomic mass is 10.0. The monoisotopic (exact) mass is 325 g/mol. The molecule has 0 saturated heterocycles. The molecule has 0 spiro atoms. The van der Waals surface area contributed by atoms with Gasteiger partial charge < -0.3 is 19.5 Å². The summed E-state index contributed by atoms with van der Waals surface area (Å²) in [6.45, 7) is 0.205. The minimum atomic E-state index is -0.0963. The van der Waals surface area contributed by atoms with Crippen LogP contribution in [0.15, 0.2) is 42.5 Å². The molecule has 5 heteroatoms. The van der Waals surface area contributed by atoms with Crippen molar-refractivity contribution in [3.8, 4) is 17.2 Å². The molecular weight excluding hydrogens is 306 g/mol. The molecule has 0 aromatic heterocycles. The van der Waals surface area contributed by atoms with Crippen molar-refractivity contribution in [1.82, 2.24) is 5.32 Å². The smallest absolute Gasteiger partial charge is 0.251 e. The van der Waals surface area contributed by atoms with Crippen LogP contribution in [-0.4, -0.2) is 19.8 Å². The number of rotatable bonds is 5. The van der Waals surface area contributed by atoms with Gasteiger partial charge in [0.2, 0.25) is 6.79 Å². The van der Waals surface area contributed by atoms with Crippen LogP contribution in [0.1, 0.15) is 34.8 Å². The summed E-state index contributed by atoms with van der Waals surface area (Å²) >= 11 is 0. The Bertz CT molecular complexity index is 752. The molecule has 1 N–H and O–H groups in total. The molecule has 4 rings (SSSR count). The van der Waals surface area contributed by atoms with Gasteiger partial charge in [-0.1, -0.05) is 12.1 Å².